The third kappa shape index (κ3) is 6.34. The first-order valence-electron chi connectivity index (χ1n) is 11.5. The van der Waals surface area contributed by atoms with E-state index in [1.54, 1.807) is 13.8 Å². The first kappa shape index (κ1) is 24.8. The van der Waals surface area contributed by atoms with Gasteiger partial charge in [0, 0.05) is 17.7 Å². The molecule has 0 saturated heterocycles. The van der Waals surface area contributed by atoms with Crippen LogP contribution in [-0.4, -0.2) is 40.9 Å². The number of aromatic amines is 2. The average molecular weight is 478 g/mol. The number of H-pyrrole nitrogens is 2. The van der Waals surface area contributed by atoms with Crippen molar-refractivity contribution in [1.29, 1.82) is 0 Å². The number of Topliss-reactive ketones (excluding diaryl/α,β-unsaturated/α-hetero) is 1. The van der Waals surface area contributed by atoms with Crippen LogP contribution >= 0.6 is 11.3 Å². The number of carbonyl (C=O) groups is 3. The number of unbranched alkanes of at least 4 members (excludes halogenated alkanes) is 1. The molecule has 33 heavy (non-hydrogen) atoms. The third-order valence-electron chi connectivity index (χ3n) is 5.50. The molecule has 0 amide bonds. The molecule has 0 aliphatic heterocycles. The predicted octanol–water partition coefficient (Wildman–Crippen LogP) is 3.74. The molecule has 3 rings (SSSR count). The van der Waals surface area contributed by atoms with Gasteiger partial charge in [-0.3, -0.25) is 9.59 Å². The van der Waals surface area contributed by atoms with Crippen LogP contribution in [0, 0.1) is 0 Å². The number of hydrogen-bond acceptors (Lipinski definition) is 8. The van der Waals surface area contributed by atoms with Crippen molar-refractivity contribution >= 4 is 34.1 Å². The van der Waals surface area contributed by atoms with Gasteiger partial charge in [-0.1, -0.05) is 0 Å². The maximum Gasteiger partial charge on any atom is 0.341 e. The summed E-state index contributed by atoms with van der Waals surface area (Å²) in [5.41, 5.74) is 1.82. The zero-order chi connectivity index (χ0) is 23.8. The molecule has 0 fully saturated rings. The summed E-state index contributed by atoms with van der Waals surface area (Å²) < 4.78 is 10.2. The summed E-state index contributed by atoms with van der Waals surface area (Å²) in [5.74, 6) is -0.828. The topological polar surface area (TPSA) is 130 Å². The molecule has 0 saturated carbocycles. The molecule has 0 atom stereocenters. The number of rotatable bonds is 12. The maximum atomic E-state index is 12.7. The molecule has 0 spiro atoms. The minimum Gasteiger partial charge on any atom is -0.466 e. The number of fused-ring (bicyclic) bond motifs is 1. The number of ketones is 1. The Kier molecular flexibility index (Phi) is 8.87. The van der Waals surface area contributed by atoms with Gasteiger partial charge >= 0.3 is 17.6 Å². The minimum atomic E-state index is -0.460. The Labute approximate surface area is 196 Å². The first-order valence-corrected chi connectivity index (χ1v) is 12.3. The maximum absolute atomic E-state index is 12.7. The second-order valence-corrected chi connectivity index (χ2v) is 8.96. The number of aryl methyl sites for hydroxylation is 1. The summed E-state index contributed by atoms with van der Waals surface area (Å²) in [7, 11) is 0. The molecule has 0 bridgehead atoms. The van der Waals surface area contributed by atoms with Gasteiger partial charge < -0.3 is 24.8 Å². The van der Waals surface area contributed by atoms with E-state index in [1.165, 1.54) is 16.2 Å². The van der Waals surface area contributed by atoms with Crippen LogP contribution in [0.3, 0.4) is 0 Å². The monoisotopic (exact) mass is 477 g/mol. The van der Waals surface area contributed by atoms with Crippen molar-refractivity contribution in [2.45, 2.75) is 71.8 Å². The van der Waals surface area contributed by atoms with Gasteiger partial charge in [-0.2, -0.15) is 0 Å². The molecular weight excluding hydrogens is 446 g/mol. The van der Waals surface area contributed by atoms with E-state index >= 15 is 0 Å². The zero-order valence-electron chi connectivity index (χ0n) is 19.1. The molecule has 10 heteroatoms. The fourth-order valence-electron chi connectivity index (χ4n) is 3.98. The van der Waals surface area contributed by atoms with Crippen molar-refractivity contribution in [3.05, 3.63) is 37.9 Å². The Morgan fingerprint density at radius 3 is 2.48 bits per heavy atom. The van der Waals surface area contributed by atoms with E-state index in [4.69, 9.17) is 9.47 Å². The standard InChI is InChI=1S/C23H31N3O6S/c1-3-31-18(28)12-8-6-10-16(27)20-15(25-23(30)26-20)13-24-21-19(22(29)32-4-2)14-9-5-7-11-17(14)33-21/h24H,3-13H2,1-2H3,(H2,25,26,30). The van der Waals surface area contributed by atoms with E-state index in [0.29, 0.717) is 42.3 Å². The highest BCUT2D eigenvalue weighted by Gasteiger charge is 2.26. The van der Waals surface area contributed by atoms with Crippen LogP contribution in [0.1, 0.15) is 89.4 Å². The fourth-order valence-corrected chi connectivity index (χ4v) is 5.25. The molecule has 180 valence electrons. The van der Waals surface area contributed by atoms with Gasteiger partial charge in [0.05, 0.1) is 31.0 Å². The zero-order valence-corrected chi connectivity index (χ0v) is 20.0. The van der Waals surface area contributed by atoms with Crippen LogP contribution < -0.4 is 11.0 Å². The van der Waals surface area contributed by atoms with Crippen LogP contribution in [0.4, 0.5) is 5.00 Å². The van der Waals surface area contributed by atoms with Gasteiger partial charge in [0.15, 0.2) is 5.78 Å². The SMILES string of the molecule is CCOC(=O)CCCCC(=O)c1[nH]c(=O)[nH]c1CNc1sc2c(c1C(=O)OCC)CCCC2. The lowest BCUT2D eigenvalue weighted by atomic mass is 9.95. The Bertz CT molecular complexity index is 1050. The lowest BCUT2D eigenvalue weighted by molar-refractivity contribution is -0.143. The number of carbonyl (C=O) groups excluding carboxylic acids is 3. The second kappa shape index (κ2) is 11.8. The van der Waals surface area contributed by atoms with Gasteiger partial charge in [-0.15, -0.1) is 11.3 Å². The molecule has 2 aromatic heterocycles. The van der Waals surface area contributed by atoms with E-state index in [1.807, 2.05) is 0 Å². The van der Waals surface area contributed by atoms with E-state index < -0.39 is 5.69 Å². The molecule has 2 aromatic rings. The molecular formula is C23H31N3O6S. The lowest BCUT2D eigenvalue weighted by Crippen LogP contribution is -2.13. The number of imidazole rings is 1. The van der Waals surface area contributed by atoms with E-state index in [9.17, 15) is 19.2 Å². The summed E-state index contributed by atoms with van der Waals surface area (Å²) >= 11 is 1.54. The molecule has 1 aliphatic rings. The number of anilines is 1. The van der Waals surface area contributed by atoms with Gasteiger partial charge in [-0.25, -0.2) is 9.59 Å². The molecule has 9 nitrogen and oxygen atoms in total. The van der Waals surface area contributed by atoms with Crippen LogP contribution in [0.15, 0.2) is 4.79 Å². The molecule has 0 radical (unpaired) electrons. The molecule has 0 unspecified atom stereocenters. The Hall–Kier alpha value is -2.88. The molecule has 1 aliphatic carbocycles. The predicted molar refractivity (Wildman–Crippen MR) is 125 cm³/mol. The van der Waals surface area contributed by atoms with Crippen LogP contribution in [0.5, 0.6) is 0 Å². The number of aromatic nitrogens is 2. The number of hydrogen-bond donors (Lipinski definition) is 3. The Balaban J connectivity index is 1.67. The van der Waals surface area contributed by atoms with Crippen molar-refractivity contribution in [2.24, 2.45) is 0 Å². The van der Waals surface area contributed by atoms with Crippen molar-refractivity contribution in [1.82, 2.24) is 9.97 Å². The third-order valence-corrected chi connectivity index (χ3v) is 6.75. The fraction of sp³-hybridized carbons (Fsp3) is 0.565. The summed E-state index contributed by atoms with van der Waals surface area (Å²) in [6.07, 6.45) is 5.44. The number of esters is 2. The minimum absolute atomic E-state index is 0.189. The van der Waals surface area contributed by atoms with E-state index in [0.717, 1.165) is 31.2 Å². The van der Waals surface area contributed by atoms with Crippen molar-refractivity contribution in [3.8, 4) is 0 Å². The normalized spacial score (nSPS) is 12.8. The second-order valence-electron chi connectivity index (χ2n) is 7.86. The summed E-state index contributed by atoms with van der Waals surface area (Å²) in [5, 5.41) is 3.95. The average Bonchev–Trinajstić information content (AvgIpc) is 3.35. The highest BCUT2D eigenvalue weighted by atomic mass is 32.1. The van der Waals surface area contributed by atoms with Crippen molar-refractivity contribution in [2.75, 3.05) is 18.5 Å². The van der Waals surface area contributed by atoms with Crippen LogP contribution in [0.25, 0.3) is 0 Å². The van der Waals surface area contributed by atoms with Crippen LogP contribution in [-0.2, 0) is 33.7 Å². The number of nitrogens with one attached hydrogen (secondary N) is 3. The van der Waals surface area contributed by atoms with Gasteiger partial charge in [0.2, 0.25) is 0 Å². The Morgan fingerprint density at radius 2 is 1.73 bits per heavy atom. The Morgan fingerprint density at radius 1 is 1.00 bits per heavy atom. The summed E-state index contributed by atoms with van der Waals surface area (Å²) in [4.78, 5) is 55.1. The largest absolute Gasteiger partial charge is 0.466 e. The van der Waals surface area contributed by atoms with Gasteiger partial charge in [0.1, 0.15) is 10.7 Å². The highest BCUT2D eigenvalue weighted by Crippen LogP contribution is 2.38. The highest BCUT2D eigenvalue weighted by molar-refractivity contribution is 7.16. The lowest BCUT2D eigenvalue weighted by Gasteiger charge is -2.12. The van der Waals surface area contributed by atoms with E-state index in [2.05, 4.69) is 15.3 Å². The quantitative estimate of drug-likeness (QED) is 0.241. The molecule has 0 aromatic carbocycles. The summed E-state index contributed by atoms with van der Waals surface area (Å²) in [6.45, 7) is 4.35. The molecule has 3 N–H and O–H groups in total. The van der Waals surface area contributed by atoms with Crippen molar-refractivity contribution in [3.63, 3.8) is 0 Å². The van der Waals surface area contributed by atoms with Gasteiger partial charge in [0.25, 0.3) is 0 Å². The van der Waals surface area contributed by atoms with Gasteiger partial charge in [-0.05, 0) is 57.9 Å². The van der Waals surface area contributed by atoms with Crippen molar-refractivity contribution < 1.29 is 23.9 Å². The number of thiophene rings is 1. The smallest absolute Gasteiger partial charge is 0.341 e. The van der Waals surface area contributed by atoms with Crippen LogP contribution in [0.2, 0.25) is 0 Å². The summed E-state index contributed by atoms with van der Waals surface area (Å²) in [6, 6.07) is 0. The number of ether oxygens (including phenoxy) is 2. The first-order chi connectivity index (χ1) is 15.9. The molecule has 2 heterocycles. The van der Waals surface area contributed by atoms with E-state index in [-0.39, 0.29) is 42.8 Å².